The first kappa shape index (κ1) is 14.6. The average Bonchev–Trinajstić information content (AvgIpc) is 3.28. The third-order valence-electron chi connectivity index (χ3n) is 5.16. The number of nitrogens with two attached hydrogens (primary N) is 1. The molecule has 1 atom stereocenters. The van der Waals surface area contributed by atoms with E-state index in [2.05, 4.69) is 24.0 Å². The van der Waals surface area contributed by atoms with E-state index in [4.69, 9.17) is 5.73 Å². The molecule has 114 valence electrons. The van der Waals surface area contributed by atoms with Crippen LogP contribution in [-0.2, 0) is 11.3 Å². The van der Waals surface area contributed by atoms with Crippen molar-refractivity contribution in [1.82, 2.24) is 4.90 Å². The Kier molecular flexibility index (Phi) is 4.03. The SMILES string of the molecule is CC(C1CC1)N(Cc1ccccc1)C(=O)CC1(N)CCC1. The number of hydrogen-bond donors (Lipinski definition) is 1. The minimum Gasteiger partial charge on any atom is -0.335 e. The Morgan fingerprint density at radius 2 is 2.00 bits per heavy atom. The van der Waals surface area contributed by atoms with Crippen molar-refractivity contribution in [2.45, 2.75) is 63.6 Å². The molecular weight excluding hydrogens is 260 g/mol. The minimum absolute atomic E-state index is 0.227. The summed E-state index contributed by atoms with van der Waals surface area (Å²) in [5.41, 5.74) is 7.26. The van der Waals surface area contributed by atoms with Gasteiger partial charge in [0.1, 0.15) is 0 Å². The van der Waals surface area contributed by atoms with Crippen LogP contribution in [0.25, 0.3) is 0 Å². The van der Waals surface area contributed by atoms with Crippen molar-refractivity contribution in [3.05, 3.63) is 35.9 Å². The van der Waals surface area contributed by atoms with Gasteiger partial charge in [0.2, 0.25) is 5.91 Å². The lowest BCUT2D eigenvalue weighted by molar-refractivity contribution is -0.136. The van der Waals surface area contributed by atoms with E-state index in [1.165, 1.54) is 24.8 Å². The molecule has 0 radical (unpaired) electrons. The van der Waals surface area contributed by atoms with Crippen molar-refractivity contribution >= 4 is 5.91 Å². The summed E-state index contributed by atoms with van der Waals surface area (Å²) < 4.78 is 0. The van der Waals surface area contributed by atoms with Gasteiger partial charge in [-0.3, -0.25) is 4.79 Å². The van der Waals surface area contributed by atoms with E-state index >= 15 is 0 Å². The molecule has 2 aliphatic rings. The van der Waals surface area contributed by atoms with Crippen molar-refractivity contribution in [2.24, 2.45) is 11.7 Å². The maximum Gasteiger partial charge on any atom is 0.224 e. The number of carbonyl (C=O) groups is 1. The second kappa shape index (κ2) is 5.80. The molecule has 1 aromatic carbocycles. The minimum atomic E-state index is -0.227. The molecule has 0 aliphatic heterocycles. The Labute approximate surface area is 127 Å². The van der Waals surface area contributed by atoms with Crippen LogP contribution in [0.3, 0.4) is 0 Å². The van der Waals surface area contributed by atoms with Gasteiger partial charge in [0, 0.05) is 24.5 Å². The van der Waals surface area contributed by atoms with Crippen LogP contribution in [0, 0.1) is 5.92 Å². The van der Waals surface area contributed by atoms with Crippen LogP contribution in [0.4, 0.5) is 0 Å². The van der Waals surface area contributed by atoms with E-state index in [-0.39, 0.29) is 11.4 Å². The Hall–Kier alpha value is -1.35. The highest BCUT2D eigenvalue weighted by atomic mass is 16.2. The van der Waals surface area contributed by atoms with Crippen LogP contribution in [0.1, 0.15) is 51.0 Å². The van der Waals surface area contributed by atoms with E-state index in [1.54, 1.807) is 0 Å². The fourth-order valence-corrected chi connectivity index (χ4v) is 3.28. The molecule has 3 nitrogen and oxygen atoms in total. The van der Waals surface area contributed by atoms with Crippen molar-refractivity contribution in [2.75, 3.05) is 0 Å². The summed E-state index contributed by atoms with van der Waals surface area (Å²) in [6, 6.07) is 10.6. The first-order valence-corrected chi connectivity index (χ1v) is 8.20. The molecule has 2 saturated carbocycles. The number of hydrogen-bond acceptors (Lipinski definition) is 2. The van der Waals surface area contributed by atoms with Gasteiger partial charge in [-0.15, -0.1) is 0 Å². The molecule has 1 amide bonds. The highest BCUT2D eigenvalue weighted by Gasteiger charge is 2.39. The Bertz CT molecular complexity index is 491. The standard InChI is InChI=1S/C18H26N2O/c1-14(16-8-9-16)20(13-15-6-3-2-4-7-15)17(21)12-18(19)10-5-11-18/h2-4,6-7,14,16H,5,8-13,19H2,1H3. The molecule has 0 bridgehead atoms. The molecule has 0 heterocycles. The maximum atomic E-state index is 12.8. The van der Waals surface area contributed by atoms with Crippen LogP contribution >= 0.6 is 0 Å². The first-order valence-electron chi connectivity index (χ1n) is 8.20. The van der Waals surface area contributed by atoms with Crippen molar-refractivity contribution in [3.8, 4) is 0 Å². The van der Waals surface area contributed by atoms with Crippen molar-refractivity contribution in [1.29, 1.82) is 0 Å². The van der Waals surface area contributed by atoms with Gasteiger partial charge in [-0.25, -0.2) is 0 Å². The number of carbonyl (C=O) groups excluding carboxylic acids is 1. The molecule has 0 spiro atoms. The van der Waals surface area contributed by atoms with Crippen LogP contribution in [0.5, 0.6) is 0 Å². The summed E-state index contributed by atoms with van der Waals surface area (Å²) in [5.74, 6) is 0.924. The molecule has 2 fully saturated rings. The molecule has 0 aromatic heterocycles. The predicted molar refractivity (Wildman–Crippen MR) is 84.6 cm³/mol. The van der Waals surface area contributed by atoms with E-state index in [9.17, 15) is 4.79 Å². The van der Waals surface area contributed by atoms with E-state index in [0.29, 0.717) is 24.9 Å². The van der Waals surface area contributed by atoms with Gasteiger partial charge in [-0.05, 0) is 50.5 Å². The van der Waals surface area contributed by atoms with E-state index in [1.807, 2.05) is 18.2 Å². The average molecular weight is 286 g/mol. The van der Waals surface area contributed by atoms with Gasteiger partial charge >= 0.3 is 0 Å². The smallest absolute Gasteiger partial charge is 0.224 e. The lowest BCUT2D eigenvalue weighted by Crippen LogP contribution is -2.51. The molecule has 2 aliphatic carbocycles. The second-order valence-electron chi connectivity index (χ2n) is 6.98. The monoisotopic (exact) mass is 286 g/mol. The summed E-state index contributed by atoms with van der Waals surface area (Å²) in [6.45, 7) is 2.91. The Morgan fingerprint density at radius 3 is 2.52 bits per heavy atom. The zero-order chi connectivity index (χ0) is 14.9. The van der Waals surface area contributed by atoms with Gasteiger partial charge in [-0.2, -0.15) is 0 Å². The first-order chi connectivity index (χ1) is 10.1. The lowest BCUT2D eigenvalue weighted by Gasteiger charge is -2.40. The van der Waals surface area contributed by atoms with Crippen LogP contribution in [0.2, 0.25) is 0 Å². The van der Waals surface area contributed by atoms with Gasteiger partial charge in [0.05, 0.1) is 0 Å². The normalized spacial score (nSPS) is 21.4. The van der Waals surface area contributed by atoms with Crippen molar-refractivity contribution in [3.63, 3.8) is 0 Å². The molecular formula is C18H26N2O. The van der Waals surface area contributed by atoms with Crippen LogP contribution in [-0.4, -0.2) is 22.4 Å². The maximum absolute atomic E-state index is 12.8. The summed E-state index contributed by atoms with van der Waals surface area (Å²) in [6.07, 6.45) is 6.18. The summed E-state index contributed by atoms with van der Waals surface area (Å²) in [4.78, 5) is 14.8. The van der Waals surface area contributed by atoms with Gasteiger partial charge in [0.25, 0.3) is 0 Å². The summed E-state index contributed by atoms with van der Waals surface area (Å²) in [5, 5.41) is 0. The summed E-state index contributed by atoms with van der Waals surface area (Å²) in [7, 11) is 0. The number of nitrogens with zero attached hydrogens (tertiary/aromatic N) is 1. The zero-order valence-corrected chi connectivity index (χ0v) is 12.9. The van der Waals surface area contributed by atoms with E-state index < -0.39 is 0 Å². The topological polar surface area (TPSA) is 46.3 Å². The van der Waals surface area contributed by atoms with E-state index in [0.717, 1.165) is 12.8 Å². The highest BCUT2D eigenvalue weighted by molar-refractivity contribution is 5.78. The Morgan fingerprint density at radius 1 is 1.33 bits per heavy atom. The molecule has 21 heavy (non-hydrogen) atoms. The lowest BCUT2D eigenvalue weighted by atomic mass is 9.75. The Balaban J connectivity index is 1.70. The molecule has 3 heteroatoms. The van der Waals surface area contributed by atoms with Crippen LogP contribution in [0.15, 0.2) is 30.3 Å². The van der Waals surface area contributed by atoms with Gasteiger partial charge < -0.3 is 10.6 Å². The third kappa shape index (κ3) is 3.46. The largest absolute Gasteiger partial charge is 0.335 e. The number of rotatable bonds is 6. The van der Waals surface area contributed by atoms with Gasteiger partial charge in [-0.1, -0.05) is 30.3 Å². The van der Waals surface area contributed by atoms with Crippen LogP contribution < -0.4 is 5.73 Å². The van der Waals surface area contributed by atoms with Crippen molar-refractivity contribution < 1.29 is 4.79 Å². The fraction of sp³-hybridized carbons (Fsp3) is 0.611. The molecule has 1 unspecified atom stereocenters. The fourth-order valence-electron chi connectivity index (χ4n) is 3.28. The molecule has 3 rings (SSSR count). The highest BCUT2D eigenvalue weighted by Crippen LogP contribution is 2.37. The van der Waals surface area contributed by atoms with Gasteiger partial charge in [0.15, 0.2) is 0 Å². The third-order valence-corrected chi connectivity index (χ3v) is 5.16. The second-order valence-corrected chi connectivity index (χ2v) is 6.98. The molecule has 1 aromatic rings. The quantitative estimate of drug-likeness (QED) is 0.873. The molecule has 0 saturated heterocycles. The predicted octanol–water partition coefficient (Wildman–Crippen LogP) is 3.09. The molecule has 2 N–H and O–H groups in total. The number of benzene rings is 1. The zero-order valence-electron chi connectivity index (χ0n) is 12.9. The summed E-state index contributed by atoms with van der Waals surface area (Å²) >= 11 is 0. The number of amides is 1.